The van der Waals surface area contributed by atoms with E-state index in [1.54, 1.807) is 6.92 Å². The van der Waals surface area contributed by atoms with Crippen LogP contribution in [0.15, 0.2) is 0 Å². The summed E-state index contributed by atoms with van der Waals surface area (Å²) in [5, 5.41) is 19.5. The summed E-state index contributed by atoms with van der Waals surface area (Å²) >= 11 is 0. The van der Waals surface area contributed by atoms with Crippen molar-refractivity contribution in [2.75, 3.05) is 32.8 Å². The van der Waals surface area contributed by atoms with Crippen LogP contribution in [0.2, 0.25) is 0 Å². The van der Waals surface area contributed by atoms with E-state index < -0.39 is 11.7 Å². The van der Waals surface area contributed by atoms with Gasteiger partial charge in [0.25, 0.3) is 0 Å². The molecule has 4 heteroatoms. The molecule has 0 aromatic carbocycles. The second-order valence-electron chi connectivity index (χ2n) is 4.32. The number of aliphatic hydroxyl groups is 2. The van der Waals surface area contributed by atoms with Crippen LogP contribution in [0.25, 0.3) is 0 Å². The summed E-state index contributed by atoms with van der Waals surface area (Å²) in [7, 11) is 0. The van der Waals surface area contributed by atoms with Crippen molar-refractivity contribution in [3.05, 3.63) is 0 Å². The fourth-order valence-electron chi connectivity index (χ4n) is 1.92. The van der Waals surface area contributed by atoms with Crippen LogP contribution in [0, 0.1) is 0 Å². The Morgan fingerprint density at radius 1 is 1.40 bits per heavy atom. The van der Waals surface area contributed by atoms with Gasteiger partial charge in [0.1, 0.15) is 0 Å². The summed E-state index contributed by atoms with van der Waals surface area (Å²) < 4.78 is 5.28. The molecule has 0 aliphatic carbocycles. The molecule has 0 aromatic rings. The first-order chi connectivity index (χ1) is 7.08. The fraction of sp³-hybridized carbons (Fsp3) is 1.00. The summed E-state index contributed by atoms with van der Waals surface area (Å²) in [6.07, 6.45) is 0.666. The summed E-state index contributed by atoms with van der Waals surface area (Å²) in [4.78, 5) is 2.27. The highest BCUT2D eigenvalue weighted by Crippen LogP contribution is 2.25. The highest BCUT2D eigenvalue weighted by atomic mass is 16.5. The Morgan fingerprint density at radius 3 is 2.47 bits per heavy atom. The van der Waals surface area contributed by atoms with Crippen molar-refractivity contribution in [3.63, 3.8) is 0 Å². The molecular weight excluding hydrogens is 194 g/mol. The molecule has 1 heterocycles. The SMILES string of the molecule is CCOCCN1CCC(O)(C(C)O)CC1. The molecule has 0 amide bonds. The number of ether oxygens (including phenoxy) is 1. The molecule has 90 valence electrons. The minimum absolute atomic E-state index is 0.633. The Kier molecular flexibility index (Phi) is 4.99. The average molecular weight is 217 g/mol. The third-order valence-electron chi connectivity index (χ3n) is 3.26. The van der Waals surface area contributed by atoms with E-state index in [1.165, 1.54) is 0 Å². The summed E-state index contributed by atoms with van der Waals surface area (Å²) in [6, 6.07) is 0. The number of aliphatic hydroxyl groups excluding tert-OH is 1. The van der Waals surface area contributed by atoms with Gasteiger partial charge in [0.2, 0.25) is 0 Å². The molecule has 1 rings (SSSR count). The topological polar surface area (TPSA) is 52.9 Å². The lowest BCUT2D eigenvalue weighted by atomic mass is 9.87. The molecule has 1 fully saturated rings. The molecule has 0 radical (unpaired) electrons. The second kappa shape index (κ2) is 5.80. The van der Waals surface area contributed by atoms with Crippen LogP contribution in [0.3, 0.4) is 0 Å². The normalized spacial score (nSPS) is 24.0. The van der Waals surface area contributed by atoms with Gasteiger partial charge in [0.15, 0.2) is 0 Å². The smallest absolute Gasteiger partial charge is 0.0927 e. The average Bonchev–Trinajstić information content (AvgIpc) is 2.21. The maximum atomic E-state index is 10.0. The molecule has 1 atom stereocenters. The van der Waals surface area contributed by atoms with Crippen molar-refractivity contribution < 1.29 is 14.9 Å². The van der Waals surface area contributed by atoms with Crippen LogP contribution in [0.5, 0.6) is 0 Å². The molecule has 1 saturated heterocycles. The zero-order chi connectivity index (χ0) is 11.3. The fourth-order valence-corrected chi connectivity index (χ4v) is 1.92. The van der Waals surface area contributed by atoms with Crippen LogP contribution in [-0.2, 0) is 4.74 Å². The monoisotopic (exact) mass is 217 g/mol. The van der Waals surface area contributed by atoms with Gasteiger partial charge < -0.3 is 19.8 Å². The third kappa shape index (κ3) is 3.72. The van der Waals surface area contributed by atoms with Crippen molar-refractivity contribution in [1.29, 1.82) is 0 Å². The van der Waals surface area contributed by atoms with Crippen molar-refractivity contribution >= 4 is 0 Å². The highest BCUT2D eigenvalue weighted by Gasteiger charge is 2.36. The van der Waals surface area contributed by atoms with Crippen LogP contribution in [0.1, 0.15) is 26.7 Å². The molecule has 0 bridgehead atoms. The van der Waals surface area contributed by atoms with Crippen LogP contribution in [0.4, 0.5) is 0 Å². The number of hydrogen-bond acceptors (Lipinski definition) is 4. The minimum Gasteiger partial charge on any atom is -0.390 e. The first kappa shape index (κ1) is 12.9. The number of likely N-dealkylation sites (tertiary alicyclic amines) is 1. The number of piperidine rings is 1. The minimum atomic E-state index is -0.873. The van der Waals surface area contributed by atoms with E-state index in [0.717, 1.165) is 32.8 Å². The molecule has 0 aromatic heterocycles. The number of nitrogens with zero attached hydrogens (tertiary/aromatic N) is 1. The van der Waals surface area contributed by atoms with Crippen molar-refractivity contribution in [2.24, 2.45) is 0 Å². The predicted molar refractivity (Wildman–Crippen MR) is 58.8 cm³/mol. The molecule has 1 aliphatic heterocycles. The van der Waals surface area contributed by atoms with Crippen LogP contribution in [-0.4, -0.2) is 59.7 Å². The lowest BCUT2D eigenvalue weighted by Gasteiger charge is -2.39. The van der Waals surface area contributed by atoms with Gasteiger partial charge in [0.05, 0.1) is 18.3 Å². The Balaban J connectivity index is 2.23. The van der Waals surface area contributed by atoms with Crippen molar-refractivity contribution in [1.82, 2.24) is 4.90 Å². The van der Waals surface area contributed by atoms with Gasteiger partial charge in [-0.1, -0.05) is 0 Å². The van der Waals surface area contributed by atoms with Crippen molar-refractivity contribution in [2.45, 2.75) is 38.4 Å². The van der Waals surface area contributed by atoms with Crippen LogP contribution < -0.4 is 0 Å². The van der Waals surface area contributed by atoms with E-state index in [2.05, 4.69) is 4.90 Å². The van der Waals surface area contributed by atoms with Gasteiger partial charge >= 0.3 is 0 Å². The largest absolute Gasteiger partial charge is 0.390 e. The van der Waals surface area contributed by atoms with E-state index in [1.807, 2.05) is 6.92 Å². The third-order valence-corrected chi connectivity index (χ3v) is 3.26. The zero-order valence-corrected chi connectivity index (χ0v) is 9.78. The standard InChI is InChI=1S/C11H23NO3/c1-3-15-9-8-12-6-4-11(14,5-7-12)10(2)13/h10,13-14H,3-9H2,1-2H3. The molecule has 1 aliphatic rings. The second-order valence-corrected chi connectivity index (χ2v) is 4.32. The van der Waals surface area contributed by atoms with E-state index >= 15 is 0 Å². The molecule has 1 unspecified atom stereocenters. The Morgan fingerprint density at radius 2 is 2.00 bits per heavy atom. The van der Waals surface area contributed by atoms with Crippen molar-refractivity contribution in [3.8, 4) is 0 Å². The summed E-state index contributed by atoms with van der Waals surface area (Å²) in [5.41, 5.74) is -0.873. The Labute approximate surface area is 91.8 Å². The number of rotatable bonds is 5. The first-order valence-electron chi connectivity index (χ1n) is 5.79. The van der Waals surface area contributed by atoms with Gasteiger partial charge in [0, 0.05) is 26.2 Å². The predicted octanol–water partition coefficient (Wildman–Crippen LogP) is 0.231. The van der Waals surface area contributed by atoms with E-state index in [4.69, 9.17) is 4.74 Å². The lowest BCUT2D eigenvalue weighted by molar-refractivity contribution is -0.102. The highest BCUT2D eigenvalue weighted by molar-refractivity contribution is 4.89. The molecule has 0 spiro atoms. The van der Waals surface area contributed by atoms with Gasteiger partial charge in [-0.3, -0.25) is 0 Å². The number of hydrogen-bond donors (Lipinski definition) is 2. The Hall–Kier alpha value is -0.160. The van der Waals surface area contributed by atoms with Gasteiger partial charge in [-0.25, -0.2) is 0 Å². The lowest BCUT2D eigenvalue weighted by Crippen LogP contribution is -2.50. The Bertz CT molecular complexity index is 177. The van der Waals surface area contributed by atoms with Gasteiger partial charge in [-0.15, -0.1) is 0 Å². The zero-order valence-electron chi connectivity index (χ0n) is 9.78. The van der Waals surface area contributed by atoms with E-state index in [9.17, 15) is 10.2 Å². The quantitative estimate of drug-likeness (QED) is 0.647. The van der Waals surface area contributed by atoms with E-state index in [-0.39, 0.29) is 0 Å². The van der Waals surface area contributed by atoms with E-state index in [0.29, 0.717) is 12.8 Å². The van der Waals surface area contributed by atoms with Gasteiger partial charge in [-0.2, -0.15) is 0 Å². The maximum Gasteiger partial charge on any atom is 0.0927 e. The molecular formula is C11H23NO3. The molecule has 4 nitrogen and oxygen atoms in total. The molecule has 15 heavy (non-hydrogen) atoms. The maximum absolute atomic E-state index is 10.0. The summed E-state index contributed by atoms with van der Waals surface area (Å²) in [5.74, 6) is 0. The van der Waals surface area contributed by atoms with Gasteiger partial charge in [-0.05, 0) is 26.7 Å². The molecule has 2 N–H and O–H groups in total. The van der Waals surface area contributed by atoms with Crippen LogP contribution >= 0.6 is 0 Å². The first-order valence-corrected chi connectivity index (χ1v) is 5.79. The molecule has 0 saturated carbocycles. The summed E-state index contributed by atoms with van der Waals surface area (Å²) in [6.45, 7) is 7.76.